The van der Waals surface area contributed by atoms with Crippen LogP contribution in [0.25, 0.3) is 0 Å². The van der Waals surface area contributed by atoms with Crippen molar-refractivity contribution in [1.29, 1.82) is 0 Å². The zero-order valence-electron chi connectivity index (χ0n) is 10.1. The van der Waals surface area contributed by atoms with Crippen LogP contribution in [0.3, 0.4) is 0 Å². The first-order valence-electron chi connectivity index (χ1n) is 6.02. The molecule has 0 aromatic carbocycles. The van der Waals surface area contributed by atoms with Gasteiger partial charge in [-0.25, -0.2) is 0 Å². The number of ether oxygens (including phenoxy) is 2. The molecule has 0 bridgehead atoms. The first-order valence-corrected chi connectivity index (χ1v) is 7.42. The topological polar surface area (TPSA) is 61.8 Å². The van der Waals surface area contributed by atoms with Gasteiger partial charge in [-0.15, -0.1) is 0 Å². The monoisotopic (exact) mass is 304 g/mol. The average Bonchev–Trinajstić information content (AvgIpc) is 2.70. The van der Waals surface area contributed by atoms with E-state index in [1.165, 1.54) is 0 Å². The molecule has 1 atom stereocenters. The number of halogens is 3. The Bertz CT molecular complexity index is 413. The summed E-state index contributed by atoms with van der Waals surface area (Å²) >= 11 is 0. The van der Waals surface area contributed by atoms with Gasteiger partial charge in [0.05, 0.1) is 13.2 Å². The van der Waals surface area contributed by atoms with Crippen LogP contribution < -0.4 is 0 Å². The fraction of sp³-hybridized carbons (Fsp3) is 1.00. The van der Waals surface area contributed by atoms with E-state index in [1.54, 1.807) is 0 Å². The van der Waals surface area contributed by atoms with Gasteiger partial charge in [-0.3, -0.25) is 4.18 Å². The predicted octanol–water partition coefficient (Wildman–Crippen LogP) is 1.93. The van der Waals surface area contributed by atoms with Crippen LogP contribution in [-0.2, 0) is 23.8 Å². The van der Waals surface area contributed by atoms with Crippen LogP contribution in [0.15, 0.2) is 0 Å². The first-order chi connectivity index (χ1) is 8.74. The van der Waals surface area contributed by atoms with E-state index in [2.05, 4.69) is 4.18 Å². The maximum atomic E-state index is 12.1. The predicted molar refractivity (Wildman–Crippen MR) is 57.6 cm³/mol. The summed E-state index contributed by atoms with van der Waals surface area (Å²) in [6, 6.07) is 0. The molecule has 0 amide bonds. The van der Waals surface area contributed by atoms with Gasteiger partial charge in [0.25, 0.3) is 0 Å². The van der Waals surface area contributed by atoms with Gasteiger partial charge in [0.2, 0.25) is 0 Å². The summed E-state index contributed by atoms with van der Waals surface area (Å²) in [5, 5.41) is 0. The van der Waals surface area contributed by atoms with E-state index in [0.717, 1.165) is 19.3 Å². The Balaban J connectivity index is 1.86. The molecule has 2 rings (SSSR count). The third-order valence-corrected chi connectivity index (χ3v) is 4.23. The first kappa shape index (κ1) is 15.0. The quantitative estimate of drug-likeness (QED) is 0.589. The molecule has 1 saturated carbocycles. The van der Waals surface area contributed by atoms with Gasteiger partial charge in [0.1, 0.15) is 6.10 Å². The molecule has 9 heteroatoms. The highest BCUT2D eigenvalue weighted by Crippen LogP contribution is 2.38. The maximum Gasteiger partial charge on any atom is 0.523 e. The molecule has 1 aliphatic heterocycles. The zero-order chi connectivity index (χ0) is 14.1. The number of rotatable bonds is 3. The second-order valence-electron chi connectivity index (χ2n) is 4.71. The standard InChI is InChI=1S/C10H15F3O5S/c11-10(12,13)19(14,15)17-7-8-6-16-9(18-8)4-2-1-3-5-9/h8H,1-7H2. The Morgan fingerprint density at radius 2 is 1.84 bits per heavy atom. The molecule has 2 fully saturated rings. The minimum atomic E-state index is -5.56. The van der Waals surface area contributed by atoms with E-state index in [4.69, 9.17) is 9.47 Å². The smallest absolute Gasteiger partial charge is 0.347 e. The molecule has 1 saturated heterocycles. The van der Waals surface area contributed by atoms with E-state index >= 15 is 0 Å². The van der Waals surface area contributed by atoms with Gasteiger partial charge < -0.3 is 9.47 Å². The molecule has 1 unspecified atom stereocenters. The summed E-state index contributed by atoms with van der Waals surface area (Å²) in [5.74, 6) is -0.756. The zero-order valence-corrected chi connectivity index (χ0v) is 10.9. The summed E-state index contributed by atoms with van der Waals surface area (Å²) < 4.78 is 72.6. The van der Waals surface area contributed by atoms with Crippen LogP contribution >= 0.6 is 0 Å². The van der Waals surface area contributed by atoms with Gasteiger partial charge in [-0.2, -0.15) is 21.6 Å². The normalized spacial score (nSPS) is 27.8. The highest BCUT2D eigenvalue weighted by atomic mass is 32.2. The average molecular weight is 304 g/mol. The summed E-state index contributed by atoms with van der Waals surface area (Å²) in [6.45, 7) is -0.628. The Kier molecular flexibility index (Phi) is 4.10. The summed E-state index contributed by atoms with van der Waals surface area (Å²) in [5.41, 5.74) is -5.41. The Morgan fingerprint density at radius 3 is 2.42 bits per heavy atom. The Morgan fingerprint density at radius 1 is 1.21 bits per heavy atom. The van der Waals surface area contributed by atoms with Gasteiger partial charge >= 0.3 is 15.6 Å². The van der Waals surface area contributed by atoms with Gasteiger partial charge in [0.15, 0.2) is 5.79 Å². The number of hydrogen-bond acceptors (Lipinski definition) is 5. The third-order valence-electron chi connectivity index (χ3n) is 3.22. The lowest BCUT2D eigenvalue weighted by atomic mass is 9.94. The van der Waals surface area contributed by atoms with Crippen molar-refractivity contribution in [2.75, 3.05) is 13.2 Å². The summed E-state index contributed by atoms with van der Waals surface area (Å²) in [4.78, 5) is 0. The van der Waals surface area contributed by atoms with Crippen molar-refractivity contribution in [3.8, 4) is 0 Å². The second kappa shape index (κ2) is 5.19. The van der Waals surface area contributed by atoms with Crippen molar-refractivity contribution in [1.82, 2.24) is 0 Å². The van der Waals surface area contributed by atoms with E-state index in [9.17, 15) is 21.6 Å². The summed E-state index contributed by atoms with van der Waals surface area (Å²) in [7, 11) is -5.56. The second-order valence-corrected chi connectivity index (χ2v) is 6.31. The molecule has 2 aliphatic rings. The molecular formula is C10H15F3O5S. The fourth-order valence-electron chi connectivity index (χ4n) is 2.28. The molecule has 0 N–H and O–H groups in total. The Hall–Kier alpha value is -0.380. The molecule has 5 nitrogen and oxygen atoms in total. The lowest BCUT2D eigenvalue weighted by molar-refractivity contribution is -0.189. The van der Waals surface area contributed by atoms with Gasteiger partial charge in [-0.05, 0) is 12.8 Å². The molecule has 0 radical (unpaired) electrons. The van der Waals surface area contributed by atoms with Crippen molar-refractivity contribution in [2.24, 2.45) is 0 Å². The molecule has 1 aliphatic carbocycles. The van der Waals surface area contributed by atoms with Crippen LogP contribution in [0.4, 0.5) is 13.2 Å². The number of alkyl halides is 3. The fourth-order valence-corrected chi connectivity index (χ4v) is 2.75. The van der Waals surface area contributed by atoms with Gasteiger partial charge in [-0.1, -0.05) is 6.42 Å². The lowest BCUT2D eigenvalue weighted by Gasteiger charge is -2.31. The van der Waals surface area contributed by atoms with Crippen molar-refractivity contribution in [3.63, 3.8) is 0 Å². The highest BCUT2D eigenvalue weighted by Gasteiger charge is 2.49. The van der Waals surface area contributed by atoms with Crippen LogP contribution in [-0.4, -0.2) is 39.0 Å². The van der Waals surface area contributed by atoms with Gasteiger partial charge in [0, 0.05) is 12.8 Å². The van der Waals surface area contributed by atoms with Crippen molar-refractivity contribution >= 4 is 10.1 Å². The van der Waals surface area contributed by atoms with Crippen LogP contribution in [0.2, 0.25) is 0 Å². The van der Waals surface area contributed by atoms with Crippen LogP contribution in [0.1, 0.15) is 32.1 Å². The van der Waals surface area contributed by atoms with Crippen molar-refractivity contribution < 1.29 is 35.2 Å². The summed E-state index contributed by atoms with van der Waals surface area (Å²) in [6.07, 6.45) is 3.49. The molecule has 0 aromatic heterocycles. The van der Waals surface area contributed by atoms with E-state index < -0.39 is 34.1 Å². The molecular weight excluding hydrogens is 289 g/mol. The van der Waals surface area contributed by atoms with Crippen LogP contribution in [0, 0.1) is 0 Å². The Labute approximate surface area is 109 Å². The van der Waals surface area contributed by atoms with E-state index in [1.807, 2.05) is 0 Å². The van der Waals surface area contributed by atoms with E-state index in [-0.39, 0.29) is 6.61 Å². The molecule has 112 valence electrons. The third kappa shape index (κ3) is 3.39. The highest BCUT2D eigenvalue weighted by molar-refractivity contribution is 7.87. The minimum absolute atomic E-state index is 0.0490. The maximum absolute atomic E-state index is 12.1. The SMILES string of the molecule is O=S(=O)(OCC1COC2(CCCCC2)O1)C(F)(F)F. The molecule has 0 aromatic rings. The van der Waals surface area contributed by atoms with Crippen LogP contribution in [0.5, 0.6) is 0 Å². The van der Waals surface area contributed by atoms with Crippen molar-refractivity contribution in [3.05, 3.63) is 0 Å². The number of hydrogen-bond donors (Lipinski definition) is 0. The molecule has 1 heterocycles. The largest absolute Gasteiger partial charge is 0.523 e. The van der Waals surface area contributed by atoms with E-state index in [0.29, 0.717) is 12.8 Å². The lowest BCUT2D eigenvalue weighted by Crippen LogP contribution is -2.35. The van der Waals surface area contributed by atoms with Crippen molar-refractivity contribution in [2.45, 2.75) is 49.5 Å². The minimum Gasteiger partial charge on any atom is -0.347 e. The molecule has 19 heavy (non-hydrogen) atoms. The molecule has 1 spiro atoms.